The van der Waals surface area contributed by atoms with E-state index < -0.39 is 9.84 Å². The van der Waals surface area contributed by atoms with Crippen LogP contribution in [-0.4, -0.2) is 49.8 Å². The van der Waals surface area contributed by atoms with E-state index in [1.165, 1.54) is 24.3 Å². The zero-order valence-electron chi connectivity index (χ0n) is 11.3. The number of nitrogens with zero attached hydrogens (tertiary/aromatic N) is 2. The van der Waals surface area contributed by atoms with Gasteiger partial charge in [0.2, 0.25) is 0 Å². The van der Waals surface area contributed by atoms with Gasteiger partial charge >= 0.3 is 0 Å². The molecule has 0 spiro atoms. The van der Waals surface area contributed by atoms with Crippen LogP contribution in [0.1, 0.15) is 13.3 Å². The summed E-state index contributed by atoms with van der Waals surface area (Å²) in [6, 6.07) is 0. The highest BCUT2D eigenvalue weighted by Crippen LogP contribution is 2.32. The Morgan fingerprint density at radius 3 is 2.74 bits per heavy atom. The van der Waals surface area contributed by atoms with E-state index in [0.717, 1.165) is 13.0 Å². The number of nitrogens with one attached hydrogen (secondary N) is 1. The van der Waals surface area contributed by atoms with E-state index in [4.69, 9.17) is 4.74 Å². The molecule has 1 rings (SSSR count). The van der Waals surface area contributed by atoms with Gasteiger partial charge in [-0.25, -0.2) is 18.4 Å². The molecule has 0 aromatic carbocycles. The van der Waals surface area contributed by atoms with Crippen LogP contribution in [0.5, 0.6) is 5.75 Å². The molecular weight excluding hydrogens is 286 g/mol. The minimum atomic E-state index is -2.96. The fraction of sp³-hybridized carbons (Fsp3) is 0.636. The maximum atomic E-state index is 11.1. The average molecular weight is 305 g/mol. The molecule has 1 aromatic heterocycles. The third kappa shape index (κ3) is 5.65. The van der Waals surface area contributed by atoms with E-state index in [9.17, 15) is 8.42 Å². The van der Waals surface area contributed by atoms with E-state index >= 15 is 0 Å². The summed E-state index contributed by atoms with van der Waals surface area (Å²) >= 11 is 1.35. The quantitative estimate of drug-likeness (QED) is 0.575. The predicted molar refractivity (Wildman–Crippen MR) is 77.8 cm³/mol. The maximum Gasteiger partial charge on any atom is 0.193 e. The summed E-state index contributed by atoms with van der Waals surface area (Å²) < 4.78 is 27.5. The summed E-state index contributed by atoms with van der Waals surface area (Å²) in [6.45, 7) is 2.85. The van der Waals surface area contributed by atoms with Gasteiger partial charge in [-0.1, -0.05) is 6.92 Å². The van der Waals surface area contributed by atoms with E-state index in [-0.39, 0.29) is 5.75 Å². The third-order valence-corrected chi connectivity index (χ3v) is 4.39. The number of anilines is 1. The van der Waals surface area contributed by atoms with Gasteiger partial charge in [0.05, 0.1) is 12.9 Å². The van der Waals surface area contributed by atoms with E-state index in [2.05, 4.69) is 22.2 Å². The molecule has 108 valence electrons. The Balaban J connectivity index is 2.76. The first-order valence-electron chi connectivity index (χ1n) is 5.91. The first-order valence-corrected chi connectivity index (χ1v) is 8.96. The summed E-state index contributed by atoms with van der Waals surface area (Å²) in [5, 5.41) is 3.81. The first-order chi connectivity index (χ1) is 8.98. The van der Waals surface area contributed by atoms with Gasteiger partial charge in [0, 0.05) is 18.6 Å². The Bertz CT molecular complexity index is 506. The van der Waals surface area contributed by atoms with Gasteiger partial charge in [-0.2, -0.15) is 0 Å². The molecule has 1 aromatic rings. The monoisotopic (exact) mass is 305 g/mol. The largest absolute Gasteiger partial charge is 0.490 e. The summed E-state index contributed by atoms with van der Waals surface area (Å²) in [7, 11) is -1.41. The number of hydrogen-bond donors (Lipinski definition) is 1. The van der Waals surface area contributed by atoms with Crippen molar-refractivity contribution < 1.29 is 13.2 Å². The van der Waals surface area contributed by atoms with Crippen LogP contribution in [0.4, 0.5) is 5.82 Å². The fourth-order valence-electron chi connectivity index (χ4n) is 1.30. The van der Waals surface area contributed by atoms with Crippen LogP contribution in [-0.2, 0) is 9.84 Å². The van der Waals surface area contributed by atoms with E-state index in [1.54, 1.807) is 7.11 Å². The molecule has 0 aliphatic heterocycles. The highest BCUT2D eigenvalue weighted by Gasteiger charge is 2.13. The Hall–Kier alpha value is -1.02. The highest BCUT2D eigenvalue weighted by atomic mass is 32.2. The van der Waals surface area contributed by atoms with Crippen LogP contribution < -0.4 is 10.1 Å². The topological polar surface area (TPSA) is 81.2 Å². The number of hydrogen-bond acceptors (Lipinski definition) is 7. The maximum absolute atomic E-state index is 11.1. The van der Waals surface area contributed by atoms with Crippen LogP contribution in [0.15, 0.2) is 11.4 Å². The predicted octanol–water partition coefficient (Wildman–Crippen LogP) is 1.44. The second kappa shape index (κ2) is 7.54. The normalized spacial score (nSPS) is 11.3. The van der Waals surface area contributed by atoms with Crippen molar-refractivity contribution in [2.24, 2.45) is 0 Å². The number of methoxy groups -OCH3 is 1. The molecule has 0 unspecified atom stereocenters. The van der Waals surface area contributed by atoms with Gasteiger partial charge in [0.15, 0.2) is 11.6 Å². The minimum Gasteiger partial charge on any atom is -0.490 e. The number of ether oxygens (including phenoxy) is 1. The molecule has 0 radical (unpaired) electrons. The minimum absolute atomic E-state index is 0.114. The lowest BCUT2D eigenvalue weighted by Gasteiger charge is -2.12. The molecule has 0 amide bonds. The Kier molecular flexibility index (Phi) is 6.36. The molecule has 0 saturated carbocycles. The lowest BCUT2D eigenvalue weighted by Crippen LogP contribution is -2.07. The van der Waals surface area contributed by atoms with E-state index in [1.807, 2.05) is 0 Å². The van der Waals surface area contributed by atoms with E-state index in [0.29, 0.717) is 22.3 Å². The number of aromatic nitrogens is 2. The fourth-order valence-corrected chi connectivity index (χ4v) is 3.47. The number of rotatable bonds is 8. The zero-order valence-corrected chi connectivity index (χ0v) is 13.0. The van der Waals surface area contributed by atoms with Crippen molar-refractivity contribution in [1.82, 2.24) is 9.97 Å². The summed E-state index contributed by atoms with van der Waals surface area (Å²) in [6.07, 6.45) is 3.64. The van der Waals surface area contributed by atoms with Gasteiger partial charge in [-0.05, 0) is 6.42 Å². The summed E-state index contributed by atoms with van der Waals surface area (Å²) in [4.78, 5) is 8.26. The lowest BCUT2D eigenvalue weighted by atomic mass is 10.4. The van der Waals surface area contributed by atoms with Crippen LogP contribution >= 0.6 is 11.8 Å². The average Bonchev–Trinajstić information content (AvgIpc) is 2.34. The molecule has 19 heavy (non-hydrogen) atoms. The second-order valence-corrected chi connectivity index (χ2v) is 7.31. The summed E-state index contributed by atoms with van der Waals surface area (Å²) in [5.41, 5.74) is 0. The lowest BCUT2D eigenvalue weighted by molar-refractivity contribution is 0.400. The molecule has 1 heterocycles. The molecule has 0 atom stereocenters. The molecule has 1 N–H and O–H groups in total. The van der Waals surface area contributed by atoms with Gasteiger partial charge < -0.3 is 10.1 Å². The standard InChI is InChI=1S/C11H19N3O3S2/c1-4-5-12-10-9(17-2)11(14-8-13-10)18-6-7-19(3,15)16/h8H,4-7H2,1-3H3,(H,12,13,14). The molecule has 6 nitrogen and oxygen atoms in total. The molecule has 0 fully saturated rings. The molecule has 0 aliphatic rings. The Morgan fingerprint density at radius 2 is 2.16 bits per heavy atom. The molecule has 0 aliphatic carbocycles. The Morgan fingerprint density at radius 1 is 1.42 bits per heavy atom. The number of thioether (sulfide) groups is 1. The van der Waals surface area contributed by atoms with Crippen LogP contribution in [0, 0.1) is 0 Å². The molecule has 0 saturated heterocycles. The van der Waals surface area contributed by atoms with Gasteiger partial charge in [-0.3, -0.25) is 0 Å². The van der Waals surface area contributed by atoms with Gasteiger partial charge in [0.1, 0.15) is 21.2 Å². The zero-order chi connectivity index (χ0) is 14.3. The third-order valence-electron chi connectivity index (χ3n) is 2.21. The highest BCUT2D eigenvalue weighted by molar-refractivity contribution is 8.00. The molecular formula is C11H19N3O3S2. The van der Waals surface area contributed by atoms with Crippen LogP contribution in [0.3, 0.4) is 0 Å². The van der Waals surface area contributed by atoms with Gasteiger partial charge in [0.25, 0.3) is 0 Å². The van der Waals surface area contributed by atoms with Crippen molar-refractivity contribution in [2.45, 2.75) is 18.4 Å². The van der Waals surface area contributed by atoms with Crippen molar-refractivity contribution in [3.05, 3.63) is 6.33 Å². The molecule has 8 heteroatoms. The van der Waals surface area contributed by atoms with Crippen molar-refractivity contribution in [3.63, 3.8) is 0 Å². The Labute approximate surface area is 118 Å². The number of sulfone groups is 1. The SMILES string of the molecule is CCCNc1ncnc(SCCS(C)(=O)=O)c1OC. The van der Waals surface area contributed by atoms with Crippen LogP contribution in [0.25, 0.3) is 0 Å². The van der Waals surface area contributed by atoms with Crippen molar-refractivity contribution in [2.75, 3.05) is 36.7 Å². The van der Waals surface area contributed by atoms with Crippen molar-refractivity contribution in [1.29, 1.82) is 0 Å². The van der Waals surface area contributed by atoms with Crippen LogP contribution in [0.2, 0.25) is 0 Å². The van der Waals surface area contributed by atoms with Crippen molar-refractivity contribution in [3.8, 4) is 5.75 Å². The second-order valence-electron chi connectivity index (χ2n) is 3.97. The van der Waals surface area contributed by atoms with Crippen molar-refractivity contribution >= 4 is 27.4 Å². The smallest absolute Gasteiger partial charge is 0.193 e. The molecule has 0 bridgehead atoms. The van der Waals surface area contributed by atoms with Gasteiger partial charge in [-0.15, -0.1) is 11.8 Å². The first kappa shape index (κ1) is 16.0. The summed E-state index contributed by atoms with van der Waals surface area (Å²) in [5.74, 6) is 1.76.